The Morgan fingerprint density at radius 1 is 1.30 bits per heavy atom. The van der Waals surface area contributed by atoms with E-state index in [-0.39, 0.29) is 59.1 Å². The number of carboxylic acid groups (broad SMARTS) is 1. The summed E-state index contributed by atoms with van der Waals surface area (Å²) in [6.07, 6.45) is -1.09. The van der Waals surface area contributed by atoms with Crippen molar-refractivity contribution in [3.8, 4) is 0 Å². The topological polar surface area (TPSA) is 94.8 Å². The smallest absolute Gasteiger partial charge is 0.336 e. The van der Waals surface area contributed by atoms with Gasteiger partial charge in [-0.1, -0.05) is 0 Å². The Hall–Kier alpha value is 1.62. The molecule has 0 aromatic rings. The minimum absolute atomic E-state index is 0. The summed E-state index contributed by atoms with van der Waals surface area (Å²) in [5, 5.41) is 7.76. The third kappa shape index (κ3) is 16.3. The SMILES string of the molecule is O=C(O)CP(=O)(O)O.[Na].[Na]. The molecular weight excluding hydrogens is 181 g/mol. The van der Waals surface area contributed by atoms with E-state index in [0.717, 1.165) is 0 Å². The zero-order chi connectivity index (χ0) is 6.78. The summed E-state index contributed by atoms with van der Waals surface area (Å²) in [6, 6.07) is 0. The van der Waals surface area contributed by atoms with Crippen molar-refractivity contribution in [1.82, 2.24) is 0 Å². The maximum atomic E-state index is 9.76. The van der Waals surface area contributed by atoms with Crippen molar-refractivity contribution in [2.45, 2.75) is 0 Å². The third-order valence-corrected chi connectivity index (χ3v) is 1.02. The molecule has 0 rings (SSSR count). The van der Waals surface area contributed by atoms with E-state index in [1.54, 1.807) is 0 Å². The fourth-order valence-electron chi connectivity index (χ4n) is 0.176. The summed E-state index contributed by atoms with van der Waals surface area (Å²) in [7, 11) is -4.32. The minimum Gasteiger partial charge on any atom is -0.481 e. The molecule has 0 fully saturated rings. The number of carbonyl (C=O) groups is 1. The van der Waals surface area contributed by atoms with E-state index >= 15 is 0 Å². The molecule has 0 amide bonds. The van der Waals surface area contributed by atoms with Crippen molar-refractivity contribution < 1.29 is 24.3 Å². The largest absolute Gasteiger partial charge is 0.481 e. The second kappa shape index (κ2) is 7.28. The van der Waals surface area contributed by atoms with E-state index in [1.807, 2.05) is 0 Å². The quantitative estimate of drug-likeness (QED) is 0.360. The predicted molar refractivity (Wildman–Crippen MR) is 36.1 cm³/mol. The second-order valence-electron chi connectivity index (χ2n) is 1.22. The molecule has 0 aliphatic rings. The van der Waals surface area contributed by atoms with Crippen molar-refractivity contribution in [3.05, 3.63) is 0 Å². The third-order valence-electron chi connectivity index (χ3n) is 0.341. The Morgan fingerprint density at radius 2 is 1.60 bits per heavy atom. The molecule has 10 heavy (non-hydrogen) atoms. The molecule has 0 saturated carbocycles. The molecule has 3 N–H and O–H groups in total. The van der Waals surface area contributed by atoms with Crippen molar-refractivity contribution in [2.24, 2.45) is 0 Å². The molecule has 0 bridgehead atoms. The van der Waals surface area contributed by atoms with Gasteiger partial charge in [-0.2, -0.15) is 0 Å². The first-order chi connectivity index (χ1) is 3.42. The molecule has 0 heterocycles. The van der Waals surface area contributed by atoms with Gasteiger partial charge in [0.25, 0.3) is 0 Å². The first-order valence-electron chi connectivity index (χ1n) is 1.68. The van der Waals surface area contributed by atoms with Gasteiger partial charge in [0, 0.05) is 59.1 Å². The molecule has 0 aromatic heterocycles. The zero-order valence-electron chi connectivity index (χ0n) is 5.81. The maximum absolute atomic E-state index is 9.76. The van der Waals surface area contributed by atoms with Crippen LogP contribution in [0.5, 0.6) is 0 Å². The van der Waals surface area contributed by atoms with Gasteiger partial charge < -0.3 is 14.9 Å². The number of hydrogen-bond acceptors (Lipinski definition) is 2. The first-order valence-corrected chi connectivity index (χ1v) is 3.48. The standard InChI is InChI=1S/C2H5O5P.2Na/c3-2(4)1-8(5,6)7;;/h1H2,(H,3,4)(H2,5,6,7);;. The molecule has 0 unspecified atom stereocenters. The van der Waals surface area contributed by atoms with E-state index in [9.17, 15) is 9.36 Å². The number of carboxylic acids is 1. The Bertz CT molecular complexity index is 141. The van der Waals surface area contributed by atoms with Crippen LogP contribution in [0.15, 0.2) is 0 Å². The second-order valence-corrected chi connectivity index (χ2v) is 2.86. The molecule has 0 aliphatic carbocycles. The van der Waals surface area contributed by atoms with Gasteiger partial charge in [-0.3, -0.25) is 9.36 Å². The Kier molecular flexibility index (Phi) is 12.8. The summed E-state index contributed by atoms with van der Waals surface area (Å²) in [5.41, 5.74) is 0. The first kappa shape index (κ1) is 17.6. The minimum atomic E-state index is -4.32. The Morgan fingerprint density at radius 3 is 1.60 bits per heavy atom. The molecule has 50 valence electrons. The Labute approximate surface area is 102 Å². The molecule has 0 atom stereocenters. The molecule has 5 nitrogen and oxygen atoms in total. The van der Waals surface area contributed by atoms with Crippen LogP contribution < -0.4 is 0 Å². The van der Waals surface area contributed by atoms with E-state index in [0.29, 0.717) is 0 Å². The van der Waals surface area contributed by atoms with Crippen LogP contribution in [0.4, 0.5) is 0 Å². The molecule has 2 radical (unpaired) electrons. The summed E-state index contributed by atoms with van der Waals surface area (Å²) in [5.74, 6) is -1.49. The Balaban J connectivity index is -0.000000245. The van der Waals surface area contributed by atoms with Crippen LogP contribution >= 0.6 is 7.60 Å². The van der Waals surface area contributed by atoms with Gasteiger partial charge in [0.1, 0.15) is 6.16 Å². The van der Waals surface area contributed by atoms with E-state index < -0.39 is 19.7 Å². The van der Waals surface area contributed by atoms with Gasteiger partial charge in [0.15, 0.2) is 0 Å². The average molecular weight is 186 g/mol. The van der Waals surface area contributed by atoms with E-state index in [2.05, 4.69) is 0 Å². The number of rotatable bonds is 2. The van der Waals surface area contributed by atoms with Crippen LogP contribution in [0.3, 0.4) is 0 Å². The maximum Gasteiger partial charge on any atom is 0.336 e. The molecule has 0 aliphatic heterocycles. The van der Waals surface area contributed by atoms with Gasteiger partial charge >= 0.3 is 13.6 Å². The van der Waals surface area contributed by atoms with Crippen LogP contribution in [-0.4, -0.2) is 86.1 Å². The molecule has 0 saturated heterocycles. The van der Waals surface area contributed by atoms with Crippen LogP contribution in [0, 0.1) is 0 Å². The predicted octanol–water partition coefficient (Wildman–Crippen LogP) is -1.51. The van der Waals surface area contributed by atoms with Crippen molar-refractivity contribution in [3.63, 3.8) is 0 Å². The van der Waals surface area contributed by atoms with Crippen molar-refractivity contribution in [2.75, 3.05) is 6.16 Å². The fraction of sp³-hybridized carbons (Fsp3) is 0.500. The van der Waals surface area contributed by atoms with Crippen LogP contribution in [0.25, 0.3) is 0 Å². The van der Waals surface area contributed by atoms with Gasteiger partial charge in [-0.05, 0) is 0 Å². The van der Waals surface area contributed by atoms with Crippen LogP contribution in [-0.2, 0) is 9.36 Å². The molecular formula is C2H5Na2O5P. The van der Waals surface area contributed by atoms with Gasteiger partial charge in [-0.15, -0.1) is 0 Å². The number of aliphatic carboxylic acids is 1. The molecule has 0 aromatic carbocycles. The van der Waals surface area contributed by atoms with E-state index in [4.69, 9.17) is 14.9 Å². The van der Waals surface area contributed by atoms with Gasteiger partial charge in [-0.25, -0.2) is 0 Å². The normalized spacial score (nSPS) is 9.00. The van der Waals surface area contributed by atoms with E-state index in [1.165, 1.54) is 0 Å². The van der Waals surface area contributed by atoms with Gasteiger partial charge in [0.2, 0.25) is 0 Å². The average Bonchev–Trinajstić information content (AvgIpc) is 1.21. The molecule has 0 spiro atoms. The van der Waals surface area contributed by atoms with Crippen molar-refractivity contribution in [1.29, 1.82) is 0 Å². The monoisotopic (exact) mass is 186 g/mol. The summed E-state index contributed by atoms with van der Waals surface area (Å²) in [6.45, 7) is 0. The zero-order valence-corrected chi connectivity index (χ0v) is 10.7. The van der Waals surface area contributed by atoms with Crippen LogP contribution in [0.1, 0.15) is 0 Å². The summed E-state index contributed by atoms with van der Waals surface area (Å²) in [4.78, 5) is 25.4. The van der Waals surface area contributed by atoms with Crippen LogP contribution in [0.2, 0.25) is 0 Å². The van der Waals surface area contributed by atoms with Gasteiger partial charge in [0.05, 0.1) is 0 Å². The summed E-state index contributed by atoms with van der Waals surface area (Å²) >= 11 is 0. The number of hydrogen-bond donors (Lipinski definition) is 3. The molecule has 8 heteroatoms. The summed E-state index contributed by atoms with van der Waals surface area (Å²) < 4.78 is 9.76. The van der Waals surface area contributed by atoms with Crippen molar-refractivity contribution >= 4 is 72.7 Å². The fourth-order valence-corrected chi connectivity index (χ4v) is 0.529.